The van der Waals surface area contributed by atoms with E-state index in [0.29, 0.717) is 13.0 Å². The van der Waals surface area contributed by atoms with Gasteiger partial charge >= 0.3 is 5.97 Å². The summed E-state index contributed by atoms with van der Waals surface area (Å²) in [4.78, 5) is 10.1. The lowest BCUT2D eigenvalue weighted by molar-refractivity contribution is -0.137. The summed E-state index contributed by atoms with van der Waals surface area (Å²) in [5.41, 5.74) is 5.84. The maximum absolute atomic E-state index is 10.1. The molecule has 13 heavy (non-hydrogen) atoms. The zero-order chi connectivity index (χ0) is 9.94. The predicted molar refractivity (Wildman–Crippen MR) is 49.2 cm³/mol. The number of hydrazine groups is 1. The molecular formula is C8H18N2O3. The third kappa shape index (κ3) is 11.3. The summed E-state index contributed by atoms with van der Waals surface area (Å²) >= 11 is 0. The Morgan fingerprint density at radius 2 is 1.69 bits per heavy atom. The number of hydrogen-bond acceptors (Lipinski definition) is 4. The first-order valence-electron chi connectivity index (χ1n) is 4.55. The van der Waals surface area contributed by atoms with E-state index in [-0.39, 0.29) is 13.0 Å². The summed E-state index contributed by atoms with van der Waals surface area (Å²) in [5, 5.41) is 16.8. The Kier molecular flexibility index (Phi) is 8.97. The van der Waals surface area contributed by atoms with Crippen LogP contribution in [0, 0.1) is 0 Å². The van der Waals surface area contributed by atoms with Gasteiger partial charge in [0.2, 0.25) is 0 Å². The molecule has 0 aliphatic rings. The molecule has 0 aliphatic heterocycles. The van der Waals surface area contributed by atoms with Gasteiger partial charge in [-0.15, -0.1) is 0 Å². The molecule has 0 amide bonds. The molecule has 0 heterocycles. The van der Waals surface area contributed by atoms with Crippen LogP contribution in [0.3, 0.4) is 0 Å². The minimum Gasteiger partial charge on any atom is -0.481 e. The molecule has 0 aromatic heterocycles. The van der Waals surface area contributed by atoms with Crippen molar-refractivity contribution in [2.45, 2.75) is 25.7 Å². The highest BCUT2D eigenvalue weighted by molar-refractivity contribution is 5.66. The van der Waals surface area contributed by atoms with Crippen LogP contribution in [0.5, 0.6) is 0 Å². The van der Waals surface area contributed by atoms with Crippen molar-refractivity contribution >= 4 is 5.97 Å². The largest absolute Gasteiger partial charge is 0.481 e. The van der Waals surface area contributed by atoms with Gasteiger partial charge in [0, 0.05) is 26.1 Å². The fourth-order valence-corrected chi connectivity index (χ4v) is 0.830. The third-order valence-electron chi connectivity index (χ3n) is 1.53. The van der Waals surface area contributed by atoms with Crippen molar-refractivity contribution in [3.05, 3.63) is 0 Å². The molecule has 0 atom stereocenters. The molecule has 0 unspecified atom stereocenters. The van der Waals surface area contributed by atoms with Crippen molar-refractivity contribution in [3.8, 4) is 0 Å². The average molecular weight is 190 g/mol. The quantitative estimate of drug-likeness (QED) is 0.297. The minimum atomic E-state index is -0.762. The van der Waals surface area contributed by atoms with Crippen LogP contribution in [-0.4, -0.2) is 35.9 Å². The Morgan fingerprint density at radius 3 is 2.23 bits per heavy atom. The Morgan fingerprint density at radius 1 is 1.08 bits per heavy atom. The van der Waals surface area contributed by atoms with E-state index in [0.717, 1.165) is 19.4 Å². The van der Waals surface area contributed by atoms with Gasteiger partial charge in [0.25, 0.3) is 0 Å². The molecule has 0 saturated heterocycles. The first kappa shape index (κ1) is 12.3. The van der Waals surface area contributed by atoms with Crippen LogP contribution in [0.1, 0.15) is 25.7 Å². The molecule has 4 N–H and O–H groups in total. The second-order valence-electron chi connectivity index (χ2n) is 2.78. The van der Waals surface area contributed by atoms with Gasteiger partial charge in [-0.25, -0.2) is 0 Å². The molecule has 0 bridgehead atoms. The highest BCUT2D eigenvalue weighted by atomic mass is 16.4. The van der Waals surface area contributed by atoms with Crippen molar-refractivity contribution in [2.24, 2.45) is 0 Å². The van der Waals surface area contributed by atoms with E-state index in [4.69, 9.17) is 10.2 Å². The number of carbonyl (C=O) groups is 1. The number of carboxylic acid groups (broad SMARTS) is 1. The monoisotopic (exact) mass is 190 g/mol. The fraction of sp³-hybridized carbons (Fsp3) is 0.875. The van der Waals surface area contributed by atoms with Gasteiger partial charge in [-0.2, -0.15) is 0 Å². The number of carboxylic acids is 1. The van der Waals surface area contributed by atoms with E-state index >= 15 is 0 Å². The first-order valence-corrected chi connectivity index (χ1v) is 4.55. The molecule has 0 rings (SSSR count). The summed E-state index contributed by atoms with van der Waals surface area (Å²) in [7, 11) is 0. The van der Waals surface area contributed by atoms with Gasteiger partial charge in [-0.05, 0) is 19.3 Å². The van der Waals surface area contributed by atoms with Gasteiger partial charge in [0.05, 0.1) is 0 Å². The number of aliphatic hydroxyl groups is 1. The molecule has 0 fully saturated rings. The standard InChI is InChI=1S/C8H18N2O3/c11-7-2-1-5-9-10-6-3-4-8(12)13/h9-11H,1-7H2,(H,12,13). The van der Waals surface area contributed by atoms with Crippen LogP contribution >= 0.6 is 0 Å². The van der Waals surface area contributed by atoms with Crippen LogP contribution in [0.15, 0.2) is 0 Å². The van der Waals surface area contributed by atoms with Crippen molar-refractivity contribution < 1.29 is 15.0 Å². The van der Waals surface area contributed by atoms with Crippen molar-refractivity contribution in [1.82, 2.24) is 10.9 Å². The molecule has 5 heteroatoms. The second-order valence-corrected chi connectivity index (χ2v) is 2.78. The number of rotatable bonds is 9. The minimum absolute atomic E-state index is 0.200. The molecule has 0 aliphatic carbocycles. The van der Waals surface area contributed by atoms with Gasteiger partial charge in [0.15, 0.2) is 0 Å². The highest BCUT2D eigenvalue weighted by Gasteiger charge is 1.94. The van der Waals surface area contributed by atoms with Crippen LogP contribution in [0.25, 0.3) is 0 Å². The zero-order valence-electron chi connectivity index (χ0n) is 7.75. The van der Waals surface area contributed by atoms with Crippen LogP contribution in [0.4, 0.5) is 0 Å². The van der Waals surface area contributed by atoms with E-state index < -0.39 is 5.97 Å². The van der Waals surface area contributed by atoms with E-state index in [1.807, 2.05) is 0 Å². The van der Waals surface area contributed by atoms with Crippen LogP contribution in [0.2, 0.25) is 0 Å². The first-order chi connectivity index (χ1) is 6.27. The maximum atomic E-state index is 10.1. The predicted octanol–water partition coefficient (Wildman–Crippen LogP) is -0.282. The highest BCUT2D eigenvalue weighted by Crippen LogP contribution is 1.85. The summed E-state index contributed by atoms with van der Waals surface area (Å²) in [5.74, 6) is -0.762. The third-order valence-corrected chi connectivity index (χ3v) is 1.53. The number of nitrogens with one attached hydrogen (secondary N) is 2. The summed E-state index contributed by atoms with van der Waals surface area (Å²) in [6, 6.07) is 0. The maximum Gasteiger partial charge on any atom is 0.303 e. The zero-order valence-corrected chi connectivity index (χ0v) is 7.75. The van der Waals surface area contributed by atoms with E-state index in [2.05, 4.69) is 10.9 Å². The molecule has 0 radical (unpaired) electrons. The smallest absolute Gasteiger partial charge is 0.303 e. The van der Waals surface area contributed by atoms with E-state index in [9.17, 15) is 4.79 Å². The second kappa shape index (κ2) is 9.44. The summed E-state index contributed by atoms with van der Waals surface area (Å²) < 4.78 is 0. The van der Waals surface area contributed by atoms with Gasteiger partial charge in [-0.3, -0.25) is 15.6 Å². The molecule has 0 saturated carbocycles. The Hall–Kier alpha value is -0.650. The fourth-order valence-electron chi connectivity index (χ4n) is 0.830. The number of aliphatic carboxylic acids is 1. The topological polar surface area (TPSA) is 81.6 Å². The average Bonchev–Trinajstić information content (AvgIpc) is 2.09. The molecule has 0 spiro atoms. The molecule has 0 aromatic rings. The SMILES string of the molecule is O=C(O)CCCNNCCCCO. The summed E-state index contributed by atoms with van der Waals surface area (Å²) in [6.45, 7) is 1.68. The van der Waals surface area contributed by atoms with Crippen LogP contribution < -0.4 is 10.9 Å². The lowest BCUT2D eigenvalue weighted by Crippen LogP contribution is -2.33. The lowest BCUT2D eigenvalue weighted by atomic mass is 10.3. The molecule has 78 valence electrons. The van der Waals surface area contributed by atoms with E-state index in [1.165, 1.54) is 0 Å². The molecule has 0 aromatic carbocycles. The van der Waals surface area contributed by atoms with Crippen molar-refractivity contribution in [3.63, 3.8) is 0 Å². The normalized spacial score (nSPS) is 10.2. The number of unbranched alkanes of at least 4 members (excludes halogenated alkanes) is 1. The van der Waals surface area contributed by atoms with E-state index in [1.54, 1.807) is 0 Å². The van der Waals surface area contributed by atoms with Gasteiger partial charge in [0.1, 0.15) is 0 Å². The summed E-state index contributed by atoms with van der Waals surface area (Å²) in [6.07, 6.45) is 2.54. The Balaban J connectivity index is 2.87. The Labute approximate surface area is 78.1 Å². The van der Waals surface area contributed by atoms with Gasteiger partial charge in [-0.1, -0.05) is 0 Å². The number of hydrogen-bond donors (Lipinski definition) is 4. The number of aliphatic hydroxyl groups excluding tert-OH is 1. The Bertz CT molecular complexity index is 131. The lowest BCUT2D eigenvalue weighted by Gasteiger charge is -2.04. The van der Waals surface area contributed by atoms with Crippen LogP contribution in [-0.2, 0) is 4.79 Å². The molecular weight excluding hydrogens is 172 g/mol. The van der Waals surface area contributed by atoms with Gasteiger partial charge < -0.3 is 10.2 Å². The molecule has 5 nitrogen and oxygen atoms in total. The van der Waals surface area contributed by atoms with Crippen molar-refractivity contribution in [1.29, 1.82) is 0 Å². The van der Waals surface area contributed by atoms with Crippen molar-refractivity contribution in [2.75, 3.05) is 19.7 Å².